The molecule has 3 nitrogen and oxygen atoms in total. The Morgan fingerprint density at radius 1 is 0.966 bits per heavy atom. The number of hydrogen-bond donors (Lipinski definition) is 0. The highest BCUT2D eigenvalue weighted by Crippen LogP contribution is 2.24. The molecule has 0 radical (unpaired) electrons. The molecular formula is C25H37FN2O. The Morgan fingerprint density at radius 2 is 1.72 bits per heavy atom. The molecule has 2 rings (SSSR count). The van der Waals surface area contributed by atoms with Crippen molar-refractivity contribution in [1.82, 2.24) is 9.97 Å². The van der Waals surface area contributed by atoms with Crippen molar-refractivity contribution in [3.8, 4) is 17.1 Å². The third kappa shape index (κ3) is 8.51. The Labute approximate surface area is 176 Å². The molecule has 2 aromatic rings. The van der Waals surface area contributed by atoms with Gasteiger partial charge in [-0.15, -0.1) is 0 Å². The molecule has 0 aliphatic carbocycles. The molecule has 0 N–H and O–H groups in total. The Bertz CT molecular complexity index is 715. The molecule has 1 unspecified atom stereocenters. The molecule has 0 fully saturated rings. The highest BCUT2D eigenvalue weighted by Gasteiger charge is 2.11. The molecule has 1 aromatic carbocycles. The van der Waals surface area contributed by atoms with Crippen LogP contribution in [0.25, 0.3) is 11.4 Å². The van der Waals surface area contributed by atoms with Crippen molar-refractivity contribution in [2.24, 2.45) is 11.8 Å². The first kappa shape index (κ1) is 23.3. The average molecular weight is 401 g/mol. The van der Waals surface area contributed by atoms with Crippen LogP contribution in [0.2, 0.25) is 0 Å². The number of hydrogen-bond acceptors (Lipinski definition) is 3. The standard InChI is InChI=1S/C25H37FN2O/c1-5-6-7-8-14-29-22-12-13-23(24(26)16-22)25-27-17-21(18-28-25)15-20(4)11-9-10-19(2)3/h12-13,16-20H,5-11,14-15H2,1-4H3. The molecule has 1 atom stereocenters. The summed E-state index contributed by atoms with van der Waals surface area (Å²) in [6.45, 7) is 9.61. The van der Waals surface area contributed by atoms with Gasteiger partial charge < -0.3 is 4.74 Å². The number of ether oxygens (including phenoxy) is 1. The van der Waals surface area contributed by atoms with Crippen molar-refractivity contribution in [2.75, 3.05) is 6.61 Å². The van der Waals surface area contributed by atoms with E-state index in [2.05, 4.69) is 37.7 Å². The van der Waals surface area contributed by atoms with Crippen LogP contribution in [-0.2, 0) is 6.42 Å². The number of halogens is 1. The topological polar surface area (TPSA) is 35.0 Å². The summed E-state index contributed by atoms with van der Waals surface area (Å²) in [6, 6.07) is 4.94. The molecule has 0 aliphatic heterocycles. The van der Waals surface area contributed by atoms with Gasteiger partial charge in [-0.2, -0.15) is 0 Å². The van der Waals surface area contributed by atoms with Crippen molar-refractivity contribution in [2.45, 2.75) is 79.1 Å². The van der Waals surface area contributed by atoms with E-state index in [0.717, 1.165) is 30.7 Å². The zero-order valence-corrected chi connectivity index (χ0v) is 18.6. The van der Waals surface area contributed by atoms with Crippen LogP contribution in [0.3, 0.4) is 0 Å². The number of nitrogens with zero attached hydrogens (tertiary/aromatic N) is 2. The van der Waals surface area contributed by atoms with E-state index < -0.39 is 0 Å². The summed E-state index contributed by atoms with van der Waals surface area (Å²) in [5.41, 5.74) is 1.53. The summed E-state index contributed by atoms with van der Waals surface area (Å²) in [7, 11) is 0. The van der Waals surface area contributed by atoms with E-state index in [9.17, 15) is 4.39 Å². The molecule has 29 heavy (non-hydrogen) atoms. The molecule has 0 aliphatic rings. The second kappa shape index (κ2) is 12.6. The van der Waals surface area contributed by atoms with Gasteiger partial charge in [0.2, 0.25) is 0 Å². The van der Waals surface area contributed by atoms with Gasteiger partial charge in [-0.3, -0.25) is 0 Å². The van der Waals surface area contributed by atoms with Crippen molar-refractivity contribution in [3.63, 3.8) is 0 Å². The lowest BCUT2D eigenvalue weighted by atomic mass is 9.95. The van der Waals surface area contributed by atoms with Gasteiger partial charge in [-0.25, -0.2) is 14.4 Å². The number of rotatable bonds is 13. The Kier molecular flexibility index (Phi) is 10.1. The normalized spacial score (nSPS) is 12.3. The van der Waals surface area contributed by atoms with Crippen molar-refractivity contribution in [3.05, 3.63) is 42.0 Å². The minimum Gasteiger partial charge on any atom is -0.493 e. The van der Waals surface area contributed by atoms with Gasteiger partial charge in [0.15, 0.2) is 5.82 Å². The van der Waals surface area contributed by atoms with E-state index in [1.54, 1.807) is 12.1 Å². The average Bonchev–Trinajstić information content (AvgIpc) is 2.68. The predicted molar refractivity (Wildman–Crippen MR) is 119 cm³/mol. The Morgan fingerprint density at radius 3 is 2.38 bits per heavy atom. The van der Waals surface area contributed by atoms with Crippen LogP contribution in [0.5, 0.6) is 5.75 Å². The first-order valence-corrected chi connectivity index (χ1v) is 11.2. The minimum atomic E-state index is -0.342. The van der Waals surface area contributed by atoms with Gasteiger partial charge in [0.1, 0.15) is 11.6 Å². The molecule has 1 heterocycles. The summed E-state index contributed by atoms with van der Waals surface area (Å²) >= 11 is 0. The van der Waals surface area contributed by atoms with Gasteiger partial charge >= 0.3 is 0 Å². The highest BCUT2D eigenvalue weighted by atomic mass is 19.1. The van der Waals surface area contributed by atoms with Gasteiger partial charge in [0.05, 0.1) is 12.2 Å². The lowest BCUT2D eigenvalue weighted by Gasteiger charge is -2.12. The van der Waals surface area contributed by atoms with E-state index in [0.29, 0.717) is 29.7 Å². The second-order valence-electron chi connectivity index (χ2n) is 8.60. The Hall–Kier alpha value is -1.97. The quantitative estimate of drug-likeness (QED) is 0.332. The summed E-state index contributed by atoms with van der Waals surface area (Å²) < 4.78 is 20.2. The summed E-state index contributed by atoms with van der Waals surface area (Å²) in [5.74, 6) is 2.01. The van der Waals surface area contributed by atoms with Gasteiger partial charge in [-0.1, -0.05) is 66.2 Å². The van der Waals surface area contributed by atoms with Crippen LogP contribution in [0.15, 0.2) is 30.6 Å². The van der Waals surface area contributed by atoms with Gasteiger partial charge in [0, 0.05) is 18.5 Å². The largest absolute Gasteiger partial charge is 0.493 e. The van der Waals surface area contributed by atoms with Crippen LogP contribution in [0.1, 0.15) is 78.2 Å². The second-order valence-corrected chi connectivity index (χ2v) is 8.60. The molecule has 160 valence electrons. The molecule has 1 aromatic heterocycles. The summed E-state index contributed by atoms with van der Waals surface area (Å²) in [4.78, 5) is 8.81. The lowest BCUT2D eigenvalue weighted by molar-refractivity contribution is 0.303. The van der Waals surface area contributed by atoms with Gasteiger partial charge in [0.25, 0.3) is 0 Å². The van der Waals surface area contributed by atoms with Crippen LogP contribution in [-0.4, -0.2) is 16.6 Å². The number of benzene rings is 1. The molecule has 0 saturated carbocycles. The Balaban J connectivity index is 1.88. The molecular weight excluding hydrogens is 363 g/mol. The van der Waals surface area contributed by atoms with Crippen LogP contribution in [0, 0.1) is 17.7 Å². The fraction of sp³-hybridized carbons (Fsp3) is 0.600. The molecule has 0 saturated heterocycles. The fourth-order valence-corrected chi connectivity index (χ4v) is 3.46. The lowest BCUT2D eigenvalue weighted by Crippen LogP contribution is -2.03. The zero-order chi connectivity index (χ0) is 21.1. The maximum Gasteiger partial charge on any atom is 0.162 e. The van der Waals surface area contributed by atoms with E-state index in [1.165, 1.54) is 38.2 Å². The smallest absolute Gasteiger partial charge is 0.162 e. The third-order valence-electron chi connectivity index (χ3n) is 5.22. The van der Waals surface area contributed by atoms with Gasteiger partial charge in [-0.05, 0) is 42.4 Å². The predicted octanol–water partition coefficient (Wildman–Crippen LogP) is 7.25. The van der Waals surface area contributed by atoms with E-state index in [-0.39, 0.29) is 5.82 Å². The molecule has 0 spiro atoms. The number of unbranched alkanes of at least 4 members (excludes halogenated alkanes) is 3. The van der Waals surface area contributed by atoms with E-state index in [4.69, 9.17) is 4.74 Å². The maximum absolute atomic E-state index is 14.5. The van der Waals surface area contributed by atoms with E-state index >= 15 is 0 Å². The molecule has 0 bridgehead atoms. The van der Waals surface area contributed by atoms with E-state index in [1.807, 2.05) is 12.4 Å². The summed E-state index contributed by atoms with van der Waals surface area (Å²) in [6.07, 6.45) is 12.9. The third-order valence-corrected chi connectivity index (χ3v) is 5.22. The first-order chi connectivity index (χ1) is 14.0. The highest BCUT2D eigenvalue weighted by molar-refractivity contribution is 5.57. The number of aromatic nitrogens is 2. The van der Waals surface area contributed by atoms with Crippen molar-refractivity contribution < 1.29 is 9.13 Å². The minimum absolute atomic E-state index is 0.342. The molecule has 0 amide bonds. The SMILES string of the molecule is CCCCCCOc1ccc(-c2ncc(CC(C)CCCC(C)C)cn2)c(F)c1. The van der Waals surface area contributed by atoms with Crippen LogP contribution >= 0.6 is 0 Å². The van der Waals surface area contributed by atoms with Crippen molar-refractivity contribution in [1.29, 1.82) is 0 Å². The summed E-state index contributed by atoms with van der Waals surface area (Å²) in [5, 5.41) is 0. The zero-order valence-electron chi connectivity index (χ0n) is 18.6. The van der Waals surface area contributed by atoms with Crippen molar-refractivity contribution >= 4 is 0 Å². The monoisotopic (exact) mass is 400 g/mol. The maximum atomic E-state index is 14.5. The molecule has 4 heteroatoms. The first-order valence-electron chi connectivity index (χ1n) is 11.2. The van der Waals surface area contributed by atoms with Crippen LogP contribution < -0.4 is 4.74 Å². The fourth-order valence-electron chi connectivity index (χ4n) is 3.46. The van der Waals surface area contributed by atoms with Crippen LogP contribution in [0.4, 0.5) is 4.39 Å².